The van der Waals surface area contributed by atoms with Crippen LogP contribution in [0, 0.1) is 5.92 Å². The largest absolute Gasteiger partial charge is 0.497 e. The van der Waals surface area contributed by atoms with Gasteiger partial charge in [0, 0.05) is 48.8 Å². The third-order valence-electron chi connectivity index (χ3n) is 8.42. The van der Waals surface area contributed by atoms with Crippen LogP contribution < -0.4 is 20.1 Å². The van der Waals surface area contributed by atoms with Crippen molar-refractivity contribution in [3.05, 3.63) is 47.5 Å². The van der Waals surface area contributed by atoms with Crippen molar-refractivity contribution in [3.63, 3.8) is 0 Å². The quantitative estimate of drug-likeness (QED) is 0.231. The highest BCUT2D eigenvalue weighted by Crippen LogP contribution is 2.46. The van der Waals surface area contributed by atoms with E-state index in [1.165, 1.54) is 11.3 Å². The molecule has 2 aliphatic rings. The number of ether oxygens (including phenoxy) is 3. The Morgan fingerprint density at radius 1 is 1.20 bits per heavy atom. The summed E-state index contributed by atoms with van der Waals surface area (Å²) in [4.78, 5) is 51.1. The SMILES string of the molecule is CCOC(=O)[C@@]12C[C@H]1C=CCCCCN(C)C(=O)N[C@@H](CCOc1cc(-c3nc(C(C)C)cs3)nc3cc(OC)ccc13)C(=O)N2. The lowest BCUT2D eigenvalue weighted by atomic mass is 10.1. The molecule has 0 spiro atoms. The van der Waals surface area contributed by atoms with E-state index in [1.54, 1.807) is 26.0 Å². The zero-order chi connectivity index (χ0) is 32.8. The number of nitrogens with one attached hydrogen (secondary N) is 2. The standard InChI is InChI=1S/C34H43N5O6S/c1-6-44-32(41)34-19-22(34)11-9-7-8-10-15-39(4)33(42)37-25(30(40)38-34)14-16-45-29-18-27(31-36-28(20-46-31)21(2)3)35-26-17-23(43-5)12-13-24(26)29/h9,11-13,17-18,20-22,25H,6-8,10,14-16,19H2,1-5H3,(H,37,42)(H,38,40)/t22-,25+,34-/m1/s1. The van der Waals surface area contributed by atoms with Gasteiger partial charge >= 0.3 is 12.0 Å². The van der Waals surface area contributed by atoms with Crippen LogP contribution in [0.3, 0.4) is 0 Å². The second kappa shape index (κ2) is 14.5. The molecule has 1 saturated carbocycles. The number of nitrogens with zero attached hydrogens (tertiary/aromatic N) is 3. The summed E-state index contributed by atoms with van der Waals surface area (Å²) in [5.74, 6) is 0.444. The number of rotatable bonds is 9. The van der Waals surface area contributed by atoms with E-state index in [4.69, 9.17) is 24.2 Å². The highest BCUT2D eigenvalue weighted by atomic mass is 32.1. The zero-order valence-electron chi connectivity index (χ0n) is 27.1. The maximum absolute atomic E-state index is 13.7. The van der Waals surface area contributed by atoms with Crippen LogP contribution >= 0.6 is 11.3 Å². The smallest absolute Gasteiger partial charge is 0.332 e. The molecule has 0 bridgehead atoms. The first-order valence-corrected chi connectivity index (χ1v) is 16.8. The fourth-order valence-electron chi connectivity index (χ4n) is 5.51. The number of carbonyl (C=O) groups is 3. The first-order chi connectivity index (χ1) is 22.1. The number of benzene rings is 1. The molecule has 1 aliphatic heterocycles. The van der Waals surface area contributed by atoms with Crippen LogP contribution in [0.15, 0.2) is 41.8 Å². The molecular weight excluding hydrogens is 606 g/mol. The van der Waals surface area contributed by atoms with Gasteiger partial charge in [0.1, 0.15) is 33.8 Å². The molecule has 3 heterocycles. The molecule has 0 radical (unpaired) electrons. The summed E-state index contributed by atoms with van der Waals surface area (Å²) in [5.41, 5.74) is 1.21. The number of urea groups is 1. The first-order valence-electron chi connectivity index (χ1n) is 15.9. The van der Waals surface area contributed by atoms with Crippen LogP contribution in [-0.4, -0.2) is 78.3 Å². The van der Waals surface area contributed by atoms with E-state index >= 15 is 0 Å². The van der Waals surface area contributed by atoms with Crippen molar-refractivity contribution in [2.75, 3.05) is 33.9 Å². The fraction of sp³-hybridized carbons (Fsp3) is 0.500. The van der Waals surface area contributed by atoms with Crippen molar-refractivity contribution in [2.24, 2.45) is 5.92 Å². The number of amides is 3. The van der Waals surface area contributed by atoms with Gasteiger partial charge in [-0.1, -0.05) is 26.0 Å². The minimum Gasteiger partial charge on any atom is -0.497 e. The number of methoxy groups -OCH3 is 1. The lowest BCUT2D eigenvalue weighted by Crippen LogP contribution is -2.56. The molecule has 2 N–H and O–H groups in total. The molecule has 1 aliphatic carbocycles. The molecule has 5 rings (SSSR count). The van der Waals surface area contributed by atoms with Gasteiger partial charge < -0.3 is 29.7 Å². The molecular formula is C34H43N5O6S. The van der Waals surface area contributed by atoms with Gasteiger partial charge in [0.25, 0.3) is 0 Å². The fourth-order valence-corrected chi connectivity index (χ4v) is 6.45. The van der Waals surface area contributed by atoms with E-state index in [-0.39, 0.29) is 37.5 Å². The summed E-state index contributed by atoms with van der Waals surface area (Å²) in [7, 11) is 3.31. The van der Waals surface area contributed by atoms with E-state index in [1.807, 2.05) is 41.8 Å². The van der Waals surface area contributed by atoms with Gasteiger partial charge in [0.15, 0.2) is 0 Å². The summed E-state index contributed by atoms with van der Waals surface area (Å²) in [6.07, 6.45) is 7.22. The van der Waals surface area contributed by atoms with Crippen LogP contribution in [0.2, 0.25) is 0 Å². The molecule has 11 nitrogen and oxygen atoms in total. The van der Waals surface area contributed by atoms with Gasteiger partial charge in [-0.2, -0.15) is 0 Å². The average molecular weight is 650 g/mol. The van der Waals surface area contributed by atoms with Gasteiger partial charge in [-0.05, 0) is 50.7 Å². The van der Waals surface area contributed by atoms with E-state index in [0.717, 1.165) is 35.4 Å². The van der Waals surface area contributed by atoms with Crippen LogP contribution in [0.25, 0.3) is 21.6 Å². The third-order valence-corrected chi connectivity index (χ3v) is 9.30. The predicted octanol–water partition coefficient (Wildman–Crippen LogP) is 5.45. The van der Waals surface area contributed by atoms with Gasteiger partial charge in [0.2, 0.25) is 5.91 Å². The highest BCUT2D eigenvalue weighted by molar-refractivity contribution is 7.13. The number of fused-ring (bicyclic) bond motifs is 2. The molecule has 0 unspecified atom stereocenters. The van der Waals surface area contributed by atoms with Crippen LogP contribution in [0.1, 0.15) is 64.5 Å². The third kappa shape index (κ3) is 7.43. The number of esters is 1. The van der Waals surface area contributed by atoms with E-state index in [9.17, 15) is 14.4 Å². The number of hydrogen-bond acceptors (Lipinski definition) is 9. The number of allylic oxidation sites excluding steroid dienone is 1. The van der Waals surface area contributed by atoms with E-state index in [0.29, 0.717) is 35.7 Å². The summed E-state index contributed by atoms with van der Waals surface area (Å²) in [5, 5.41) is 9.40. The molecule has 2 aromatic heterocycles. The summed E-state index contributed by atoms with van der Waals surface area (Å²) < 4.78 is 17.1. The van der Waals surface area contributed by atoms with Crippen molar-refractivity contribution in [1.29, 1.82) is 0 Å². The van der Waals surface area contributed by atoms with E-state index < -0.39 is 23.5 Å². The van der Waals surface area contributed by atoms with Gasteiger partial charge in [-0.3, -0.25) is 4.79 Å². The molecule has 3 atom stereocenters. The van der Waals surface area contributed by atoms with Gasteiger partial charge in [-0.25, -0.2) is 19.6 Å². The second-order valence-electron chi connectivity index (χ2n) is 12.1. The van der Waals surface area contributed by atoms with Crippen LogP contribution in [0.5, 0.6) is 11.5 Å². The minimum atomic E-state index is -1.14. The normalized spacial score (nSPS) is 22.1. The predicted molar refractivity (Wildman–Crippen MR) is 177 cm³/mol. The minimum absolute atomic E-state index is 0.109. The Bertz CT molecular complexity index is 1610. The Balaban J connectivity index is 1.40. The maximum Gasteiger partial charge on any atom is 0.332 e. The Morgan fingerprint density at radius 3 is 2.76 bits per heavy atom. The number of aromatic nitrogens is 2. The van der Waals surface area contributed by atoms with Crippen molar-refractivity contribution in [1.82, 2.24) is 25.5 Å². The molecule has 1 aromatic carbocycles. The maximum atomic E-state index is 13.7. The number of hydrogen-bond donors (Lipinski definition) is 2. The Kier molecular flexibility index (Phi) is 10.5. The Morgan fingerprint density at radius 2 is 2.02 bits per heavy atom. The number of carbonyl (C=O) groups excluding carboxylic acids is 3. The number of pyridine rings is 1. The van der Waals surface area contributed by atoms with Crippen molar-refractivity contribution >= 4 is 40.1 Å². The Hall–Kier alpha value is -4.19. The van der Waals surface area contributed by atoms with Gasteiger partial charge in [-0.15, -0.1) is 11.3 Å². The second-order valence-corrected chi connectivity index (χ2v) is 13.0. The molecule has 1 fully saturated rings. The van der Waals surface area contributed by atoms with Crippen molar-refractivity contribution in [2.45, 2.75) is 70.4 Å². The van der Waals surface area contributed by atoms with Crippen molar-refractivity contribution < 1.29 is 28.6 Å². The first kappa shape index (κ1) is 33.2. The summed E-state index contributed by atoms with van der Waals surface area (Å²) >= 11 is 1.52. The average Bonchev–Trinajstić information content (AvgIpc) is 3.49. The lowest BCUT2D eigenvalue weighted by molar-refractivity contribution is -0.149. The molecule has 3 aromatic rings. The Labute approximate surface area is 273 Å². The van der Waals surface area contributed by atoms with Crippen molar-refractivity contribution in [3.8, 4) is 22.2 Å². The van der Waals surface area contributed by atoms with E-state index in [2.05, 4.69) is 24.5 Å². The monoisotopic (exact) mass is 649 g/mol. The molecule has 46 heavy (non-hydrogen) atoms. The zero-order valence-corrected chi connectivity index (χ0v) is 27.9. The molecule has 12 heteroatoms. The van der Waals surface area contributed by atoms with Crippen LogP contribution in [0.4, 0.5) is 4.79 Å². The summed E-state index contributed by atoms with van der Waals surface area (Å²) in [6, 6.07) is 6.12. The lowest BCUT2D eigenvalue weighted by Gasteiger charge is -2.26. The topological polar surface area (TPSA) is 132 Å². The number of thiazole rings is 1. The molecule has 0 saturated heterocycles. The molecule has 246 valence electrons. The molecule has 3 amide bonds. The highest BCUT2D eigenvalue weighted by Gasteiger charge is 2.61. The van der Waals surface area contributed by atoms with Crippen LogP contribution in [-0.2, 0) is 14.3 Å². The summed E-state index contributed by atoms with van der Waals surface area (Å²) in [6.45, 7) is 6.81. The van der Waals surface area contributed by atoms with Gasteiger partial charge in [0.05, 0.1) is 31.5 Å².